The summed E-state index contributed by atoms with van der Waals surface area (Å²) in [5.74, 6) is 0.704. The first-order valence-electron chi connectivity index (χ1n) is 3.03. The fourth-order valence-corrected chi connectivity index (χ4v) is 0.973. The van der Waals surface area contributed by atoms with Crippen molar-refractivity contribution in [3.05, 3.63) is 23.8 Å². The molecule has 0 nitrogen and oxygen atoms in total. The first kappa shape index (κ1) is 5.61. The van der Waals surface area contributed by atoms with Crippen LogP contribution in [0, 0.1) is 5.92 Å². The van der Waals surface area contributed by atoms with Gasteiger partial charge in [-0.1, -0.05) is 23.8 Å². The molecule has 1 unspecified atom stereocenters. The van der Waals surface area contributed by atoms with Crippen LogP contribution in [0.3, 0.4) is 0 Å². The second-order valence-corrected chi connectivity index (χ2v) is 2.67. The summed E-state index contributed by atoms with van der Waals surface area (Å²) >= 11 is 0. The molecular formula is C8H12. The summed E-state index contributed by atoms with van der Waals surface area (Å²) in [7, 11) is 0. The zero-order chi connectivity index (χ0) is 6.15. The molecule has 1 rings (SSSR count). The molecule has 0 saturated heterocycles. The summed E-state index contributed by atoms with van der Waals surface area (Å²) < 4.78 is 0. The second-order valence-electron chi connectivity index (χ2n) is 2.67. The minimum absolute atomic E-state index is 0.704. The number of hydrogen-bond donors (Lipinski definition) is 0. The lowest BCUT2D eigenvalue weighted by Crippen LogP contribution is -2.07. The van der Waals surface area contributed by atoms with Crippen molar-refractivity contribution >= 4 is 0 Å². The SMILES string of the molecule is C=C(C)C1C=C(C)C1. The monoisotopic (exact) mass is 108 g/mol. The Morgan fingerprint density at radius 2 is 2.38 bits per heavy atom. The molecule has 0 heteroatoms. The van der Waals surface area contributed by atoms with E-state index in [2.05, 4.69) is 26.5 Å². The van der Waals surface area contributed by atoms with Crippen LogP contribution in [-0.2, 0) is 0 Å². The van der Waals surface area contributed by atoms with E-state index in [9.17, 15) is 0 Å². The van der Waals surface area contributed by atoms with Crippen molar-refractivity contribution < 1.29 is 0 Å². The molecule has 0 N–H and O–H groups in total. The van der Waals surface area contributed by atoms with Crippen LogP contribution >= 0.6 is 0 Å². The quantitative estimate of drug-likeness (QED) is 0.453. The Hall–Kier alpha value is -0.520. The summed E-state index contributed by atoms with van der Waals surface area (Å²) in [6, 6.07) is 0. The fraction of sp³-hybridized carbons (Fsp3) is 0.500. The zero-order valence-corrected chi connectivity index (χ0v) is 5.57. The smallest absolute Gasteiger partial charge is 0.00109 e. The normalized spacial score (nSPS) is 26.2. The molecule has 8 heavy (non-hydrogen) atoms. The molecule has 0 aliphatic heterocycles. The molecule has 0 spiro atoms. The van der Waals surface area contributed by atoms with Gasteiger partial charge in [0.1, 0.15) is 0 Å². The van der Waals surface area contributed by atoms with Gasteiger partial charge in [0.05, 0.1) is 0 Å². The third-order valence-corrected chi connectivity index (χ3v) is 1.66. The Labute approximate surface area is 50.9 Å². The van der Waals surface area contributed by atoms with Gasteiger partial charge in [0.2, 0.25) is 0 Å². The third-order valence-electron chi connectivity index (χ3n) is 1.66. The highest BCUT2D eigenvalue weighted by Gasteiger charge is 2.14. The van der Waals surface area contributed by atoms with Crippen LogP contribution in [0.15, 0.2) is 23.8 Å². The van der Waals surface area contributed by atoms with E-state index in [0.29, 0.717) is 5.92 Å². The molecule has 0 heterocycles. The van der Waals surface area contributed by atoms with Crippen LogP contribution in [0.25, 0.3) is 0 Å². The van der Waals surface area contributed by atoms with E-state index in [0.717, 1.165) is 0 Å². The fourth-order valence-electron chi connectivity index (χ4n) is 0.973. The summed E-state index contributed by atoms with van der Waals surface area (Å²) in [6.45, 7) is 8.12. The average Bonchev–Trinajstić information content (AvgIpc) is 1.57. The van der Waals surface area contributed by atoms with Crippen molar-refractivity contribution in [2.75, 3.05) is 0 Å². The summed E-state index contributed by atoms with van der Waals surface area (Å²) in [5, 5.41) is 0. The third kappa shape index (κ3) is 0.835. The van der Waals surface area contributed by atoms with Gasteiger partial charge in [0.25, 0.3) is 0 Å². The maximum atomic E-state index is 3.87. The molecule has 0 saturated carbocycles. The molecule has 0 aromatic rings. The van der Waals surface area contributed by atoms with E-state index in [-0.39, 0.29) is 0 Å². The van der Waals surface area contributed by atoms with Gasteiger partial charge in [0.15, 0.2) is 0 Å². The highest BCUT2D eigenvalue weighted by molar-refractivity contribution is 5.23. The molecule has 0 fully saturated rings. The predicted octanol–water partition coefficient (Wildman–Crippen LogP) is 2.53. The number of hydrogen-bond acceptors (Lipinski definition) is 0. The van der Waals surface area contributed by atoms with Gasteiger partial charge < -0.3 is 0 Å². The van der Waals surface area contributed by atoms with Crippen molar-refractivity contribution in [1.29, 1.82) is 0 Å². The van der Waals surface area contributed by atoms with E-state index in [4.69, 9.17) is 0 Å². The Bertz CT molecular complexity index is 140. The van der Waals surface area contributed by atoms with Gasteiger partial charge in [-0.15, -0.1) is 0 Å². The number of allylic oxidation sites excluding steroid dienone is 3. The second kappa shape index (κ2) is 1.77. The molecule has 1 aliphatic carbocycles. The van der Waals surface area contributed by atoms with E-state index >= 15 is 0 Å². The van der Waals surface area contributed by atoms with Crippen molar-refractivity contribution in [2.24, 2.45) is 5.92 Å². The highest BCUT2D eigenvalue weighted by Crippen LogP contribution is 2.29. The summed E-state index contributed by atoms with van der Waals surface area (Å²) in [5.41, 5.74) is 2.81. The van der Waals surface area contributed by atoms with Gasteiger partial charge in [-0.05, 0) is 20.3 Å². The Balaban J connectivity index is 2.48. The lowest BCUT2D eigenvalue weighted by molar-refractivity contribution is 0.669. The minimum Gasteiger partial charge on any atom is -0.0995 e. The van der Waals surface area contributed by atoms with E-state index in [1.165, 1.54) is 17.6 Å². The maximum absolute atomic E-state index is 3.87. The molecule has 1 aliphatic rings. The summed E-state index contributed by atoms with van der Waals surface area (Å²) in [6.07, 6.45) is 3.53. The van der Waals surface area contributed by atoms with Crippen molar-refractivity contribution in [2.45, 2.75) is 20.3 Å². The molecule has 1 atom stereocenters. The van der Waals surface area contributed by atoms with Crippen LogP contribution in [0.4, 0.5) is 0 Å². The molecule has 0 aromatic heterocycles. The highest BCUT2D eigenvalue weighted by atomic mass is 14.2. The van der Waals surface area contributed by atoms with Gasteiger partial charge in [0, 0.05) is 5.92 Å². The predicted molar refractivity (Wildman–Crippen MR) is 36.7 cm³/mol. The van der Waals surface area contributed by atoms with E-state index in [1.54, 1.807) is 0 Å². The van der Waals surface area contributed by atoms with Crippen LogP contribution in [0.2, 0.25) is 0 Å². The van der Waals surface area contributed by atoms with Gasteiger partial charge >= 0.3 is 0 Å². The minimum atomic E-state index is 0.704. The van der Waals surface area contributed by atoms with E-state index < -0.39 is 0 Å². The molecule has 44 valence electrons. The van der Waals surface area contributed by atoms with Crippen LogP contribution < -0.4 is 0 Å². The van der Waals surface area contributed by atoms with Crippen molar-refractivity contribution in [1.82, 2.24) is 0 Å². The van der Waals surface area contributed by atoms with E-state index in [1.807, 2.05) is 0 Å². The van der Waals surface area contributed by atoms with Gasteiger partial charge in [-0.2, -0.15) is 0 Å². The first-order chi connectivity index (χ1) is 3.70. The van der Waals surface area contributed by atoms with Crippen LogP contribution in [-0.4, -0.2) is 0 Å². The molecule has 0 bridgehead atoms. The largest absolute Gasteiger partial charge is 0.0995 e. The van der Waals surface area contributed by atoms with Gasteiger partial charge in [-0.25, -0.2) is 0 Å². The molecular weight excluding hydrogens is 96.1 g/mol. The van der Waals surface area contributed by atoms with Crippen molar-refractivity contribution in [3.8, 4) is 0 Å². The molecule has 0 aromatic carbocycles. The molecule has 0 radical (unpaired) electrons. The zero-order valence-electron chi connectivity index (χ0n) is 5.57. The van der Waals surface area contributed by atoms with Gasteiger partial charge in [-0.3, -0.25) is 0 Å². The lowest BCUT2D eigenvalue weighted by Gasteiger charge is -2.22. The van der Waals surface area contributed by atoms with Crippen LogP contribution in [0.5, 0.6) is 0 Å². The Morgan fingerprint density at radius 1 is 1.88 bits per heavy atom. The molecule has 0 amide bonds. The summed E-state index contributed by atoms with van der Waals surface area (Å²) in [4.78, 5) is 0. The number of rotatable bonds is 1. The van der Waals surface area contributed by atoms with Crippen molar-refractivity contribution in [3.63, 3.8) is 0 Å². The standard InChI is InChI=1S/C8H12/c1-6(2)8-4-7(3)5-8/h4,8H,1,5H2,2-3H3. The maximum Gasteiger partial charge on any atom is 0.00109 e. The average molecular weight is 108 g/mol. The Kier molecular flexibility index (Phi) is 1.24. The topological polar surface area (TPSA) is 0 Å². The Morgan fingerprint density at radius 3 is 2.50 bits per heavy atom. The van der Waals surface area contributed by atoms with Crippen LogP contribution in [0.1, 0.15) is 20.3 Å². The first-order valence-corrected chi connectivity index (χ1v) is 3.03. The lowest BCUT2D eigenvalue weighted by atomic mass is 9.83.